The standard InChI is InChI=1S/C8H14N4O2/c1-6(8(9)11-13)4-10-5-7-2-3-14-12-7/h2-3,6,10,13H,4-5H2,1H3,(H2,9,11). The van der Waals surface area contributed by atoms with Crippen LogP contribution in [0.5, 0.6) is 0 Å². The van der Waals surface area contributed by atoms with Gasteiger partial charge in [-0.3, -0.25) is 0 Å². The van der Waals surface area contributed by atoms with E-state index in [1.165, 1.54) is 6.26 Å². The molecule has 0 saturated heterocycles. The molecule has 0 radical (unpaired) electrons. The van der Waals surface area contributed by atoms with E-state index in [2.05, 4.69) is 20.2 Å². The van der Waals surface area contributed by atoms with Crippen LogP contribution in [0.3, 0.4) is 0 Å². The minimum Gasteiger partial charge on any atom is -0.409 e. The summed E-state index contributed by atoms with van der Waals surface area (Å²) in [7, 11) is 0. The molecule has 1 aromatic rings. The van der Waals surface area contributed by atoms with Crippen LogP contribution in [-0.4, -0.2) is 22.7 Å². The number of nitrogens with one attached hydrogen (secondary N) is 1. The van der Waals surface area contributed by atoms with Gasteiger partial charge in [-0.05, 0) is 0 Å². The second kappa shape index (κ2) is 5.23. The maximum atomic E-state index is 8.40. The molecule has 6 heteroatoms. The highest BCUT2D eigenvalue weighted by Gasteiger charge is 2.06. The van der Waals surface area contributed by atoms with E-state index in [0.717, 1.165) is 5.69 Å². The van der Waals surface area contributed by atoms with Crippen LogP contribution in [0.1, 0.15) is 12.6 Å². The molecule has 1 unspecified atom stereocenters. The number of hydrogen-bond donors (Lipinski definition) is 3. The summed E-state index contributed by atoms with van der Waals surface area (Å²) < 4.78 is 4.66. The summed E-state index contributed by atoms with van der Waals surface area (Å²) in [5.41, 5.74) is 6.23. The zero-order valence-corrected chi connectivity index (χ0v) is 7.97. The molecule has 1 aromatic heterocycles. The first kappa shape index (κ1) is 10.5. The highest BCUT2D eigenvalue weighted by molar-refractivity contribution is 5.82. The lowest BCUT2D eigenvalue weighted by Gasteiger charge is -2.09. The van der Waals surface area contributed by atoms with Crippen molar-refractivity contribution in [2.75, 3.05) is 6.54 Å². The molecule has 6 nitrogen and oxygen atoms in total. The van der Waals surface area contributed by atoms with Crippen molar-refractivity contribution >= 4 is 5.84 Å². The average Bonchev–Trinajstić information content (AvgIpc) is 2.69. The van der Waals surface area contributed by atoms with Gasteiger partial charge in [-0.15, -0.1) is 0 Å². The number of oxime groups is 1. The molecule has 4 N–H and O–H groups in total. The van der Waals surface area contributed by atoms with Crippen LogP contribution in [0.15, 0.2) is 22.0 Å². The van der Waals surface area contributed by atoms with Gasteiger partial charge in [0.25, 0.3) is 0 Å². The first-order valence-corrected chi connectivity index (χ1v) is 4.31. The van der Waals surface area contributed by atoms with Crippen molar-refractivity contribution in [2.24, 2.45) is 16.8 Å². The molecule has 0 aliphatic rings. The number of hydrogen-bond acceptors (Lipinski definition) is 5. The molecule has 0 aliphatic carbocycles. The number of nitrogens with two attached hydrogens (primary N) is 1. The Morgan fingerprint density at radius 2 is 2.64 bits per heavy atom. The Hall–Kier alpha value is -1.56. The Labute approximate surface area is 81.8 Å². The summed E-state index contributed by atoms with van der Waals surface area (Å²) in [5.74, 6) is 0.213. The quantitative estimate of drug-likeness (QED) is 0.271. The third-order valence-corrected chi connectivity index (χ3v) is 1.87. The lowest BCUT2D eigenvalue weighted by atomic mass is 10.1. The van der Waals surface area contributed by atoms with E-state index < -0.39 is 0 Å². The number of amidine groups is 1. The number of nitrogens with zero attached hydrogens (tertiary/aromatic N) is 2. The number of aromatic nitrogens is 1. The Morgan fingerprint density at radius 3 is 3.21 bits per heavy atom. The van der Waals surface area contributed by atoms with Gasteiger partial charge in [0.1, 0.15) is 12.1 Å². The lowest BCUT2D eigenvalue weighted by Crippen LogP contribution is -2.31. The molecule has 0 saturated carbocycles. The van der Waals surface area contributed by atoms with Crippen LogP contribution in [0.25, 0.3) is 0 Å². The van der Waals surface area contributed by atoms with Crippen LogP contribution in [0.2, 0.25) is 0 Å². The molecule has 78 valence electrons. The minimum absolute atomic E-state index is 0.00750. The van der Waals surface area contributed by atoms with Gasteiger partial charge in [0, 0.05) is 25.1 Å². The molecule has 0 spiro atoms. The fourth-order valence-corrected chi connectivity index (χ4v) is 0.949. The largest absolute Gasteiger partial charge is 0.409 e. The second-order valence-corrected chi connectivity index (χ2v) is 3.05. The topological polar surface area (TPSA) is 96.7 Å². The van der Waals surface area contributed by atoms with Gasteiger partial charge in [-0.2, -0.15) is 0 Å². The SMILES string of the molecule is CC(CNCc1ccon1)/C(N)=N/O. The first-order valence-electron chi connectivity index (χ1n) is 4.31. The highest BCUT2D eigenvalue weighted by Crippen LogP contribution is 1.95. The molecule has 1 heterocycles. The van der Waals surface area contributed by atoms with Crippen molar-refractivity contribution < 1.29 is 9.73 Å². The van der Waals surface area contributed by atoms with E-state index in [1.807, 2.05) is 6.92 Å². The molecular formula is C8H14N4O2. The summed E-state index contributed by atoms with van der Waals surface area (Å²) in [6.45, 7) is 3.10. The maximum Gasteiger partial charge on any atom is 0.143 e. The van der Waals surface area contributed by atoms with Gasteiger partial charge in [0.15, 0.2) is 0 Å². The van der Waals surface area contributed by atoms with E-state index in [4.69, 9.17) is 10.9 Å². The Kier molecular flexibility index (Phi) is 3.93. The van der Waals surface area contributed by atoms with E-state index >= 15 is 0 Å². The fraction of sp³-hybridized carbons (Fsp3) is 0.500. The summed E-state index contributed by atoms with van der Waals surface area (Å²) in [6.07, 6.45) is 1.52. The molecule has 0 amide bonds. The lowest BCUT2D eigenvalue weighted by molar-refractivity contribution is 0.314. The van der Waals surface area contributed by atoms with Gasteiger partial charge in [0.05, 0.1) is 5.69 Å². The first-order chi connectivity index (χ1) is 6.74. The van der Waals surface area contributed by atoms with Crippen LogP contribution in [0.4, 0.5) is 0 Å². The van der Waals surface area contributed by atoms with Gasteiger partial charge in [-0.1, -0.05) is 17.2 Å². The van der Waals surface area contributed by atoms with Crippen LogP contribution in [0, 0.1) is 5.92 Å². The third kappa shape index (κ3) is 3.06. The van der Waals surface area contributed by atoms with Gasteiger partial charge in [-0.25, -0.2) is 0 Å². The normalized spacial score (nSPS) is 14.2. The smallest absolute Gasteiger partial charge is 0.143 e. The van der Waals surface area contributed by atoms with Crippen molar-refractivity contribution in [1.82, 2.24) is 10.5 Å². The average molecular weight is 198 g/mol. The third-order valence-electron chi connectivity index (χ3n) is 1.87. The molecule has 0 aromatic carbocycles. The Balaban J connectivity index is 2.22. The molecular weight excluding hydrogens is 184 g/mol. The predicted octanol–water partition coefficient (Wildman–Crippen LogP) is 0.147. The van der Waals surface area contributed by atoms with Gasteiger partial charge < -0.3 is 20.8 Å². The van der Waals surface area contributed by atoms with Crippen molar-refractivity contribution in [3.63, 3.8) is 0 Å². The fourth-order valence-electron chi connectivity index (χ4n) is 0.949. The summed E-state index contributed by atoms with van der Waals surface area (Å²) in [5, 5.41) is 18.2. The van der Waals surface area contributed by atoms with Crippen molar-refractivity contribution in [2.45, 2.75) is 13.5 Å². The molecule has 0 aliphatic heterocycles. The second-order valence-electron chi connectivity index (χ2n) is 3.05. The summed E-state index contributed by atoms with van der Waals surface area (Å²) >= 11 is 0. The van der Waals surface area contributed by atoms with E-state index in [1.54, 1.807) is 6.07 Å². The Morgan fingerprint density at radius 1 is 1.86 bits per heavy atom. The monoisotopic (exact) mass is 198 g/mol. The van der Waals surface area contributed by atoms with Crippen LogP contribution in [-0.2, 0) is 6.54 Å². The van der Waals surface area contributed by atoms with Crippen LogP contribution >= 0.6 is 0 Å². The van der Waals surface area contributed by atoms with E-state index in [0.29, 0.717) is 13.1 Å². The molecule has 1 atom stereocenters. The molecule has 0 fully saturated rings. The highest BCUT2D eigenvalue weighted by atomic mass is 16.5. The summed E-state index contributed by atoms with van der Waals surface area (Å²) in [4.78, 5) is 0. The summed E-state index contributed by atoms with van der Waals surface area (Å²) in [6, 6.07) is 1.78. The predicted molar refractivity (Wildman–Crippen MR) is 50.8 cm³/mol. The van der Waals surface area contributed by atoms with E-state index in [-0.39, 0.29) is 11.8 Å². The van der Waals surface area contributed by atoms with Gasteiger partial charge in [0.2, 0.25) is 0 Å². The zero-order valence-electron chi connectivity index (χ0n) is 7.97. The van der Waals surface area contributed by atoms with E-state index in [9.17, 15) is 0 Å². The van der Waals surface area contributed by atoms with Gasteiger partial charge >= 0.3 is 0 Å². The van der Waals surface area contributed by atoms with Crippen molar-refractivity contribution in [3.8, 4) is 0 Å². The molecule has 0 bridgehead atoms. The van der Waals surface area contributed by atoms with Crippen molar-refractivity contribution in [3.05, 3.63) is 18.0 Å². The maximum absolute atomic E-state index is 8.40. The van der Waals surface area contributed by atoms with Crippen LogP contribution < -0.4 is 11.1 Å². The molecule has 1 rings (SSSR count). The minimum atomic E-state index is -0.00750. The zero-order chi connectivity index (χ0) is 10.4. The number of rotatable bonds is 5. The molecule has 14 heavy (non-hydrogen) atoms. The van der Waals surface area contributed by atoms with Crippen molar-refractivity contribution in [1.29, 1.82) is 0 Å². The Bertz CT molecular complexity index is 284.